The van der Waals surface area contributed by atoms with Crippen LogP contribution >= 0.6 is 11.8 Å². The summed E-state index contributed by atoms with van der Waals surface area (Å²) < 4.78 is 51.6. The monoisotopic (exact) mass is 315 g/mol. The van der Waals surface area contributed by atoms with E-state index in [1.54, 1.807) is 31.2 Å². The molecule has 0 saturated heterocycles. The van der Waals surface area contributed by atoms with E-state index in [4.69, 9.17) is 0 Å². The van der Waals surface area contributed by atoms with E-state index in [9.17, 15) is 17.6 Å². The number of benzene rings is 2. The van der Waals surface area contributed by atoms with Gasteiger partial charge in [0.05, 0.1) is 6.04 Å². The molecular formula is C15H13F4NS. The molecule has 21 heavy (non-hydrogen) atoms. The maximum absolute atomic E-state index is 13.7. The zero-order chi connectivity index (χ0) is 15.4. The molecule has 0 fully saturated rings. The number of nitrogens with one attached hydrogen (secondary N) is 1. The molecule has 0 aliphatic rings. The lowest BCUT2D eigenvalue weighted by Crippen LogP contribution is -2.09. The van der Waals surface area contributed by atoms with Gasteiger partial charge in [0.15, 0.2) is 0 Å². The molecule has 0 amide bonds. The lowest BCUT2D eigenvalue weighted by molar-refractivity contribution is 0.252. The summed E-state index contributed by atoms with van der Waals surface area (Å²) >= 11 is 0.419. The van der Waals surface area contributed by atoms with Gasteiger partial charge in [-0.05, 0) is 25.1 Å². The van der Waals surface area contributed by atoms with Gasteiger partial charge in [0.25, 0.3) is 5.76 Å². The molecule has 0 bridgehead atoms. The molecule has 0 aromatic heterocycles. The number of hydrogen-bond acceptors (Lipinski definition) is 2. The maximum Gasteiger partial charge on any atom is 0.288 e. The van der Waals surface area contributed by atoms with Gasteiger partial charge in [-0.2, -0.15) is 8.78 Å². The topological polar surface area (TPSA) is 12.0 Å². The summed E-state index contributed by atoms with van der Waals surface area (Å²) in [6.45, 7) is 1.68. The van der Waals surface area contributed by atoms with Crippen LogP contribution in [0.5, 0.6) is 0 Å². The Morgan fingerprint density at radius 2 is 1.76 bits per heavy atom. The molecule has 1 nitrogen and oxygen atoms in total. The van der Waals surface area contributed by atoms with Crippen molar-refractivity contribution >= 4 is 17.4 Å². The minimum absolute atomic E-state index is 0.272. The molecule has 2 aromatic carbocycles. The van der Waals surface area contributed by atoms with Crippen molar-refractivity contribution in [2.75, 3.05) is 5.32 Å². The van der Waals surface area contributed by atoms with Crippen LogP contribution in [0.2, 0.25) is 0 Å². The van der Waals surface area contributed by atoms with Crippen molar-refractivity contribution in [3.05, 3.63) is 59.7 Å². The lowest BCUT2D eigenvalue weighted by atomic mass is 10.1. The highest BCUT2D eigenvalue weighted by Gasteiger charge is 2.15. The standard InChI is InChI=1S/C15H13F4NS/c1-9(11-7-6-10(16)8-12(11)17)20-13-4-2-3-5-14(13)21-15(18)19/h2-9,15,20H,1H3. The second-order valence-electron chi connectivity index (χ2n) is 4.41. The zero-order valence-electron chi connectivity index (χ0n) is 11.1. The predicted octanol–water partition coefficient (Wildman–Crippen LogP) is 5.45. The number of hydrogen-bond donors (Lipinski definition) is 1. The molecule has 1 atom stereocenters. The van der Waals surface area contributed by atoms with Gasteiger partial charge in [0.1, 0.15) is 11.6 Å². The maximum atomic E-state index is 13.7. The third kappa shape index (κ3) is 4.14. The van der Waals surface area contributed by atoms with E-state index in [1.165, 1.54) is 6.07 Å². The van der Waals surface area contributed by atoms with E-state index < -0.39 is 23.4 Å². The van der Waals surface area contributed by atoms with Crippen LogP contribution in [-0.2, 0) is 0 Å². The Labute approximate surface area is 124 Å². The van der Waals surface area contributed by atoms with E-state index in [-0.39, 0.29) is 5.56 Å². The van der Waals surface area contributed by atoms with Crippen LogP contribution in [0.4, 0.5) is 23.2 Å². The third-order valence-corrected chi connectivity index (χ3v) is 3.69. The number of rotatable bonds is 5. The number of halogens is 4. The van der Waals surface area contributed by atoms with Crippen LogP contribution in [0, 0.1) is 11.6 Å². The fourth-order valence-electron chi connectivity index (χ4n) is 1.95. The summed E-state index contributed by atoms with van der Waals surface area (Å²) in [4.78, 5) is 0.377. The van der Waals surface area contributed by atoms with Crippen LogP contribution in [0.1, 0.15) is 18.5 Å². The van der Waals surface area contributed by atoms with Gasteiger partial charge in [-0.3, -0.25) is 0 Å². The molecule has 0 saturated carbocycles. The number of anilines is 1. The molecule has 0 aliphatic carbocycles. The predicted molar refractivity (Wildman–Crippen MR) is 76.7 cm³/mol. The summed E-state index contributed by atoms with van der Waals surface area (Å²) in [5, 5.41) is 2.98. The summed E-state index contributed by atoms with van der Waals surface area (Å²) in [6, 6.07) is 9.37. The van der Waals surface area contributed by atoms with Gasteiger partial charge in [0.2, 0.25) is 0 Å². The van der Waals surface area contributed by atoms with Gasteiger partial charge in [-0.25, -0.2) is 8.78 Å². The smallest absolute Gasteiger partial charge is 0.288 e. The summed E-state index contributed by atoms with van der Waals surface area (Å²) in [6.07, 6.45) is 0. The molecule has 2 aromatic rings. The van der Waals surface area contributed by atoms with Crippen molar-refractivity contribution in [2.24, 2.45) is 0 Å². The molecule has 1 unspecified atom stereocenters. The Hall–Kier alpha value is -1.69. The fraction of sp³-hybridized carbons (Fsp3) is 0.200. The van der Waals surface area contributed by atoms with E-state index in [0.717, 1.165) is 12.1 Å². The normalized spacial score (nSPS) is 12.5. The number of alkyl halides is 2. The average molecular weight is 315 g/mol. The Bertz CT molecular complexity index is 618. The first-order chi connectivity index (χ1) is 9.97. The highest BCUT2D eigenvalue weighted by molar-refractivity contribution is 7.99. The first kappa shape index (κ1) is 15.7. The molecule has 0 heterocycles. The van der Waals surface area contributed by atoms with Crippen molar-refractivity contribution in [2.45, 2.75) is 23.6 Å². The Balaban J connectivity index is 2.21. The summed E-state index contributed by atoms with van der Waals surface area (Å²) in [7, 11) is 0. The zero-order valence-corrected chi connectivity index (χ0v) is 11.9. The van der Waals surface area contributed by atoms with Crippen molar-refractivity contribution in [3.63, 3.8) is 0 Å². The van der Waals surface area contributed by atoms with Crippen molar-refractivity contribution < 1.29 is 17.6 Å². The van der Waals surface area contributed by atoms with Crippen LogP contribution < -0.4 is 5.32 Å². The summed E-state index contributed by atoms with van der Waals surface area (Å²) in [5.41, 5.74) is 0.757. The lowest BCUT2D eigenvalue weighted by Gasteiger charge is -2.18. The molecule has 2 rings (SSSR count). The SMILES string of the molecule is CC(Nc1ccccc1SC(F)F)c1ccc(F)cc1F. The minimum Gasteiger partial charge on any atom is -0.378 e. The second kappa shape index (κ2) is 6.85. The van der Waals surface area contributed by atoms with Gasteiger partial charge in [0, 0.05) is 22.2 Å². The second-order valence-corrected chi connectivity index (χ2v) is 5.44. The number of para-hydroxylation sites is 1. The van der Waals surface area contributed by atoms with E-state index in [0.29, 0.717) is 22.3 Å². The van der Waals surface area contributed by atoms with Crippen LogP contribution in [0.25, 0.3) is 0 Å². The quantitative estimate of drug-likeness (QED) is 0.581. The average Bonchev–Trinajstić information content (AvgIpc) is 2.40. The molecule has 0 aliphatic heterocycles. The molecular weight excluding hydrogens is 302 g/mol. The molecule has 1 N–H and O–H groups in total. The van der Waals surface area contributed by atoms with Crippen molar-refractivity contribution in [3.8, 4) is 0 Å². The molecule has 0 radical (unpaired) electrons. The Morgan fingerprint density at radius 3 is 2.43 bits per heavy atom. The van der Waals surface area contributed by atoms with Crippen LogP contribution in [0.15, 0.2) is 47.4 Å². The van der Waals surface area contributed by atoms with Gasteiger partial charge in [-0.15, -0.1) is 0 Å². The fourth-order valence-corrected chi connectivity index (χ4v) is 2.55. The largest absolute Gasteiger partial charge is 0.378 e. The van der Waals surface area contributed by atoms with Gasteiger partial charge in [-0.1, -0.05) is 30.0 Å². The van der Waals surface area contributed by atoms with Crippen LogP contribution in [-0.4, -0.2) is 5.76 Å². The van der Waals surface area contributed by atoms with E-state index in [1.807, 2.05) is 0 Å². The summed E-state index contributed by atoms with van der Waals surface area (Å²) in [5.74, 6) is -3.86. The molecule has 6 heteroatoms. The Morgan fingerprint density at radius 1 is 1.05 bits per heavy atom. The molecule has 0 spiro atoms. The van der Waals surface area contributed by atoms with E-state index in [2.05, 4.69) is 5.32 Å². The van der Waals surface area contributed by atoms with Crippen molar-refractivity contribution in [1.82, 2.24) is 0 Å². The first-order valence-corrected chi connectivity index (χ1v) is 7.10. The minimum atomic E-state index is -2.54. The van der Waals surface area contributed by atoms with Gasteiger partial charge >= 0.3 is 0 Å². The Kier molecular flexibility index (Phi) is 5.12. The first-order valence-electron chi connectivity index (χ1n) is 6.22. The molecule has 112 valence electrons. The third-order valence-electron chi connectivity index (χ3n) is 2.90. The van der Waals surface area contributed by atoms with Gasteiger partial charge < -0.3 is 5.32 Å². The van der Waals surface area contributed by atoms with Crippen molar-refractivity contribution in [1.29, 1.82) is 0 Å². The van der Waals surface area contributed by atoms with Crippen LogP contribution in [0.3, 0.4) is 0 Å². The highest BCUT2D eigenvalue weighted by atomic mass is 32.2. The van der Waals surface area contributed by atoms with E-state index >= 15 is 0 Å². The number of thioether (sulfide) groups is 1. The highest BCUT2D eigenvalue weighted by Crippen LogP contribution is 2.33.